The van der Waals surface area contributed by atoms with Crippen LogP contribution in [0.15, 0.2) is 42.6 Å². The highest BCUT2D eigenvalue weighted by atomic mass is 35.5. The molecule has 52 heavy (non-hydrogen) atoms. The molecule has 4 atom stereocenters. The minimum absolute atomic E-state index is 0.115. The lowest BCUT2D eigenvalue weighted by Crippen LogP contribution is -2.55. The summed E-state index contributed by atoms with van der Waals surface area (Å²) in [4.78, 5) is 32.7. The van der Waals surface area contributed by atoms with Gasteiger partial charge in [0.25, 0.3) is 0 Å². The Morgan fingerprint density at radius 2 is 1.81 bits per heavy atom. The molecule has 0 aliphatic carbocycles. The van der Waals surface area contributed by atoms with E-state index in [2.05, 4.69) is 48.6 Å². The number of hydrogen-bond acceptors (Lipinski definition) is 8. The van der Waals surface area contributed by atoms with E-state index in [1.54, 1.807) is 17.2 Å². The highest BCUT2D eigenvalue weighted by Gasteiger charge is 2.51. The number of nitrogens with zero attached hydrogens (tertiary/aromatic N) is 6. The van der Waals surface area contributed by atoms with Gasteiger partial charge in [-0.05, 0) is 74.7 Å². The summed E-state index contributed by atoms with van der Waals surface area (Å²) in [7, 11) is -1.90. The van der Waals surface area contributed by atoms with Crippen molar-refractivity contribution in [3.63, 3.8) is 0 Å². The normalized spacial score (nSPS) is 25.0. The number of fused-ring (bicyclic) bond motifs is 5. The average molecular weight is 747 g/mol. The molecule has 4 fully saturated rings. The highest BCUT2D eigenvalue weighted by molar-refractivity contribution is 6.74. The Bertz CT molecular complexity index is 2030. The zero-order chi connectivity index (χ0) is 36.6. The highest BCUT2D eigenvalue weighted by Crippen LogP contribution is 2.45. The van der Waals surface area contributed by atoms with Crippen molar-refractivity contribution < 1.29 is 23.5 Å². The van der Waals surface area contributed by atoms with Gasteiger partial charge in [0, 0.05) is 47.9 Å². The Hall–Kier alpha value is -3.58. The zero-order valence-corrected chi connectivity index (χ0v) is 32.4. The molecule has 4 aliphatic heterocycles. The molecule has 13 heteroatoms. The van der Waals surface area contributed by atoms with Gasteiger partial charge < -0.3 is 19.2 Å². The molecule has 0 spiro atoms. The number of piperazine rings is 1. The molecule has 0 saturated carbocycles. The number of rotatable bonds is 8. The van der Waals surface area contributed by atoms with Gasteiger partial charge in [0.2, 0.25) is 0 Å². The van der Waals surface area contributed by atoms with Crippen molar-refractivity contribution >= 4 is 53.5 Å². The minimum atomic E-state index is -1.90. The van der Waals surface area contributed by atoms with Crippen LogP contribution in [0.4, 0.5) is 15.0 Å². The number of hydrogen-bond donors (Lipinski definition) is 1. The molecule has 4 aliphatic rings. The lowest BCUT2D eigenvalue weighted by molar-refractivity contribution is 0.0663. The van der Waals surface area contributed by atoms with Crippen molar-refractivity contribution in [1.29, 1.82) is 0 Å². The maximum absolute atomic E-state index is 17.0. The fraction of sp³-hybridized carbons (Fsp3) is 0.538. The van der Waals surface area contributed by atoms with E-state index in [0.717, 1.165) is 62.4 Å². The van der Waals surface area contributed by atoms with Crippen molar-refractivity contribution in [2.75, 3.05) is 37.7 Å². The van der Waals surface area contributed by atoms with Crippen molar-refractivity contribution in [1.82, 2.24) is 24.8 Å². The first kappa shape index (κ1) is 35.4. The van der Waals surface area contributed by atoms with Gasteiger partial charge in [-0.15, -0.1) is 0 Å². The van der Waals surface area contributed by atoms with Crippen LogP contribution in [0.2, 0.25) is 23.2 Å². The summed E-state index contributed by atoms with van der Waals surface area (Å²) >= 11 is 6.66. The molecule has 10 nitrogen and oxygen atoms in total. The maximum atomic E-state index is 17.0. The third kappa shape index (κ3) is 5.99. The van der Waals surface area contributed by atoms with Crippen LogP contribution in [0.1, 0.15) is 59.3 Å². The quantitative estimate of drug-likeness (QED) is 0.178. The van der Waals surface area contributed by atoms with Gasteiger partial charge in [-0.25, -0.2) is 9.18 Å². The van der Waals surface area contributed by atoms with Crippen LogP contribution in [-0.4, -0.2) is 101 Å². The van der Waals surface area contributed by atoms with Crippen molar-refractivity contribution in [3.8, 4) is 17.3 Å². The summed E-state index contributed by atoms with van der Waals surface area (Å²) in [5.41, 5.74) is 0.692. The standard InChI is InChI=1S/C39H48ClFN6O4Si/c1-38(2,3)52(4,5)51-22-27-15-17-39(16-8-18-46(27)39)23-50-36-43-34-29(35(44-36)45-20-25-13-14-26(21-45)47(25)37(48)49)19-42-33(32(34)41)28-11-6-9-24-10-7-12-30(40)31(24)28/h6-7,9-12,19,25-27H,8,13-18,20-23H2,1-5H3,(H,48,49)/t25-,26+,27?,39?. The fourth-order valence-electron chi connectivity index (χ4n) is 8.91. The molecule has 1 N–H and O–H groups in total. The smallest absolute Gasteiger partial charge is 0.407 e. The van der Waals surface area contributed by atoms with Gasteiger partial charge in [-0.2, -0.15) is 9.97 Å². The topological polar surface area (TPSA) is 104 Å². The Balaban J connectivity index is 1.14. The number of benzene rings is 2. The summed E-state index contributed by atoms with van der Waals surface area (Å²) in [6.07, 6.45) is 6.40. The number of halogens is 2. The summed E-state index contributed by atoms with van der Waals surface area (Å²) < 4.78 is 30.2. The zero-order valence-electron chi connectivity index (χ0n) is 30.7. The molecule has 8 rings (SSSR count). The lowest BCUT2D eigenvalue weighted by atomic mass is 9.95. The molecule has 276 valence electrons. The van der Waals surface area contributed by atoms with Gasteiger partial charge in [-0.1, -0.05) is 62.7 Å². The van der Waals surface area contributed by atoms with Gasteiger partial charge in [0.15, 0.2) is 14.1 Å². The number of pyridine rings is 1. The fourth-order valence-corrected chi connectivity index (χ4v) is 10.2. The number of anilines is 1. The van der Waals surface area contributed by atoms with Crippen LogP contribution in [-0.2, 0) is 4.43 Å². The number of carboxylic acid groups (broad SMARTS) is 1. The molecule has 2 unspecified atom stereocenters. The molecule has 6 heterocycles. The van der Waals surface area contributed by atoms with Crippen LogP contribution in [0.5, 0.6) is 6.01 Å². The second-order valence-electron chi connectivity index (χ2n) is 16.7. The Kier molecular flexibility index (Phi) is 8.91. The number of amides is 1. The van der Waals surface area contributed by atoms with Gasteiger partial charge in [-0.3, -0.25) is 14.8 Å². The molecule has 0 radical (unpaired) electrons. The third-order valence-corrected chi connectivity index (χ3v) is 17.5. The molecule has 4 aromatic rings. The van der Waals surface area contributed by atoms with E-state index in [1.165, 1.54) is 0 Å². The minimum Gasteiger partial charge on any atom is -0.465 e. The summed E-state index contributed by atoms with van der Waals surface area (Å²) in [6.45, 7) is 14.4. The van der Waals surface area contributed by atoms with Gasteiger partial charge >= 0.3 is 12.1 Å². The number of ether oxygens (including phenoxy) is 1. The van der Waals surface area contributed by atoms with Gasteiger partial charge in [0.1, 0.15) is 23.6 Å². The largest absolute Gasteiger partial charge is 0.465 e. The van der Waals surface area contributed by atoms with Crippen LogP contribution >= 0.6 is 11.6 Å². The Labute approximate surface area is 310 Å². The van der Waals surface area contributed by atoms with E-state index in [4.69, 9.17) is 30.7 Å². The molecule has 2 bridgehead atoms. The monoisotopic (exact) mass is 746 g/mol. The number of aromatic nitrogens is 3. The van der Waals surface area contributed by atoms with Crippen LogP contribution < -0.4 is 9.64 Å². The van der Waals surface area contributed by atoms with E-state index in [0.29, 0.717) is 47.5 Å². The van der Waals surface area contributed by atoms with E-state index in [1.807, 2.05) is 30.3 Å². The van der Waals surface area contributed by atoms with Crippen LogP contribution in [0.25, 0.3) is 32.9 Å². The molecule has 4 saturated heterocycles. The van der Waals surface area contributed by atoms with Crippen LogP contribution in [0.3, 0.4) is 0 Å². The van der Waals surface area contributed by atoms with Crippen molar-refractivity contribution in [3.05, 3.63) is 53.4 Å². The predicted molar refractivity (Wildman–Crippen MR) is 204 cm³/mol. The number of carbonyl (C=O) groups is 1. The first-order chi connectivity index (χ1) is 24.8. The average Bonchev–Trinajstić information content (AvgIpc) is 3.75. The molecule has 2 aromatic heterocycles. The van der Waals surface area contributed by atoms with Crippen molar-refractivity contribution in [2.45, 2.75) is 101 Å². The van der Waals surface area contributed by atoms with E-state index in [9.17, 15) is 9.90 Å². The molecule has 1 amide bonds. The maximum Gasteiger partial charge on any atom is 0.407 e. The SMILES string of the molecule is CC(C)(C)[Si](C)(C)OCC1CCC2(COc3nc(N4C[C@H]5CC[C@@H](C4)N5C(=O)O)c4cnc(-c5cccc6cccc(Cl)c56)c(F)c4n3)CCCN12. The van der Waals surface area contributed by atoms with Crippen LogP contribution in [0, 0.1) is 5.82 Å². The Morgan fingerprint density at radius 3 is 2.52 bits per heavy atom. The molecule has 2 aromatic carbocycles. The first-order valence-corrected chi connectivity index (χ1v) is 21.9. The summed E-state index contributed by atoms with van der Waals surface area (Å²) in [5.74, 6) is -0.0568. The second-order valence-corrected chi connectivity index (χ2v) is 21.9. The summed E-state index contributed by atoms with van der Waals surface area (Å²) in [6, 6.07) is 11.4. The second kappa shape index (κ2) is 13.1. The van der Waals surface area contributed by atoms with Gasteiger partial charge in [0.05, 0.1) is 23.0 Å². The Morgan fingerprint density at radius 1 is 1.08 bits per heavy atom. The predicted octanol–water partition coefficient (Wildman–Crippen LogP) is 8.37. The van der Waals surface area contributed by atoms with Crippen molar-refractivity contribution in [2.24, 2.45) is 0 Å². The molecular formula is C39H48ClFN6O4Si. The van der Waals surface area contributed by atoms with E-state index < -0.39 is 20.2 Å². The first-order valence-electron chi connectivity index (χ1n) is 18.6. The molecular weight excluding hydrogens is 699 g/mol. The summed E-state index contributed by atoms with van der Waals surface area (Å²) in [5, 5.41) is 12.6. The van der Waals surface area contributed by atoms with E-state index in [-0.39, 0.29) is 39.9 Å². The third-order valence-electron chi connectivity index (χ3n) is 12.7. The lowest BCUT2D eigenvalue weighted by Gasteiger charge is -2.40. The van der Waals surface area contributed by atoms with E-state index >= 15 is 4.39 Å².